The van der Waals surface area contributed by atoms with E-state index < -0.39 is 24.3 Å². The quantitative estimate of drug-likeness (QED) is 0.495. The van der Waals surface area contributed by atoms with Gasteiger partial charge in [-0.05, 0) is 62.9 Å². The Balaban J connectivity index is 0.000000333. The Labute approximate surface area is 225 Å². The van der Waals surface area contributed by atoms with Crippen LogP contribution in [0.5, 0.6) is 0 Å². The molecular formula is C24H30F6N4O6. The maximum Gasteiger partial charge on any atom is 0.490 e. The SMILES string of the molecule is COCC1CC2(CCN(Cc3ccc(C)o3)CC2)CN1c1ncccn1.O=C(O)C(F)(F)F.O=C(O)C(F)(F)F. The summed E-state index contributed by atoms with van der Waals surface area (Å²) in [7, 11) is 1.78. The number of carboxylic acid groups (broad SMARTS) is 2. The second kappa shape index (κ2) is 13.8. The van der Waals surface area contributed by atoms with Crippen molar-refractivity contribution >= 4 is 17.9 Å². The number of methoxy groups -OCH3 is 1. The van der Waals surface area contributed by atoms with E-state index in [2.05, 4.69) is 25.8 Å². The standard InChI is InChI=1S/C20H28N4O2.2C2HF3O2/c1-16-4-5-18(26-16)13-23-10-6-20(7-11-23)12-17(14-25-2)24(15-20)19-21-8-3-9-22-19;2*3-2(4,5)1(6)7/h3-5,8-9,17H,6-7,10-15H2,1-2H3;2*(H,6,7). The van der Waals surface area contributed by atoms with Crippen LogP contribution in [0, 0.1) is 12.3 Å². The average Bonchev–Trinajstić information content (AvgIpc) is 3.44. The number of alkyl halides is 6. The zero-order valence-corrected chi connectivity index (χ0v) is 21.7. The van der Waals surface area contributed by atoms with Gasteiger partial charge in [0.1, 0.15) is 11.5 Å². The molecule has 2 aliphatic rings. The van der Waals surface area contributed by atoms with E-state index in [9.17, 15) is 26.3 Å². The molecule has 16 heteroatoms. The number of furan rings is 1. The normalized spacial score (nSPS) is 18.9. The van der Waals surface area contributed by atoms with Crippen LogP contribution in [-0.4, -0.2) is 88.8 Å². The molecule has 0 amide bonds. The number of aliphatic carboxylic acids is 2. The van der Waals surface area contributed by atoms with Gasteiger partial charge < -0.3 is 24.3 Å². The van der Waals surface area contributed by atoms with E-state index in [4.69, 9.17) is 29.0 Å². The maximum absolute atomic E-state index is 10.6. The minimum Gasteiger partial charge on any atom is -0.475 e. The number of likely N-dealkylation sites (tertiary alicyclic amines) is 1. The van der Waals surface area contributed by atoms with Crippen LogP contribution in [0.15, 0.2) is 35.0 Å². The van der Waals surface area contributed by atoms with Crippen LogP contribution in [0.4, 0.5) is 32.3 Å². The number of hydrogen-bond donors (Lipinski definition) is 2. The molecule has 0 bridgehead atoms. The summed E-state index contributed by atoms with van der Waals surface area (Å²) < 4.78 is 74.7. The molecule has 10 nitrogen and oxygen atoms in total. The van der Waals surface area contributed by atoms with Gasteiger partial charge in [0.2, 0.25) is 5.95 Å². The summed E-state index contributed by atoms with van der Waals surface area (Å²) in [5, 5.41) is 14.2. The van der Waals surface area contributed by atoms with Crippen LogP contribution < -0.4 is 4.90 Å². The summed E-state index contributed by atoms with van der Waals surface area (Å²) in [5.74, 6) is -2.62. The molecule has 2 aromatic heterocycles. The van der Waals surface area contributed by atoms with Crippen molar-refractivity contribution in [3.05, 3.63) is 42.1 Å². The molecule has 40 heavy (non-hydrogen) atoms. The Hall–Kier alpha value is -3.40. The highest BCUT2D eigenvalue weighted by molar-refractivity contribution is 5.73. The first kappa shape index (κ1) is 32.8. The van der Waals surface area contributed by atoms with E-state index in [0.717, 1.165) is 56.7 Å². The predicted octanol–water partition coefficient (Wildman–Crippen LogP) is 4.15. The third-order valence-electron chi connectivity index (χ3n) is 6.36. The first-order valence-electron chi connectivity index (χ1n) is 12.0. The van der Waals surface area contributed by atoms with E-state index in [-0.39, 0.29) is 0 Å². The Kier molecular flexibility index (Phi) is 11.3. The Morgan fingerprint density at radius 2 is 1.57 bits per heavy atom. The zero-order chi connectivity index (χ0) is 30.1. The van der Waals surface area contributed by atoms with Crippen molar-refractivity contribution in [3.8, 4) is 0 Å². The summed E-state index contributed by atoms with van der Waals surface area (Å²) in [6, 6.07) is 6.38. The number of ether oxygens (including phenoxy) is 1. The lowest BCUT2D eigenvalue weighted by Gasteiger charge is -2.39. The molecule has 1 unspecified atom stereocenters. The highest BCUT2D eigenvalue weighted by atomic mass is 19.4. The van der Waals surface area contributed by atoms with Crippen LogP contribution >= 0.6 is 0 Å². The molecule has 2 aromatic rings. The molecule has 2 fully saturated rings. The largest absolute Gasteiger partial charge is 0.490 e. The zero-order valence-electron chi connectivity index (χ0n) is 21.7. The predicted molar refractivity (Wildman–Crippen MR) is 127 cm³/mol. The van der Waals surface area contributed by atoms with Gasteiger partial charge in [-0.25, -0.2) is 19.6 Å². The molecule has 0 saturated carbocycles. The van der Waals surface area contributed by atoms with Crippen molar-refractivity contribution in [2.45, 2.75) is 51.1 Å². The molecule has 0 radical (unpaired) electrons. The molecule has 4 heterocycles. The van der Waals surface area contributed by atoms with Gasteiger partial charge in [-0.3, -0.25) is 4.90 Å². The number of anilines is 1. The average molecular weight is 585 g/mol. The lowest BCUT2D eigenvalue weighted by molar-refractivity contribution is -0.193. The number of hydrogen-bond acceptors (Lipinski definition) is 8. The van der Waals surface area contributed by atoms with Crippen molar-refractivity contribution in [2.75, 3.05) is 38.3 Å². The monoisotopic (exact) mass is 584 g/mol. The number of nitrogens with zero attached hydrogens (tertiary/aromatic N) is 4. The summed E-state index contributed by atoms with van der Waals surface area (Å²) >= 11 is 0. The van der Waals surface area contributed by atoms with E-state index in [1.807, 2.05) is 31.5 Å². The van der Waals surface area contributed by atoms with Gasteiger partial charge in [0.15, 0.2) is 0 Å². The van der Waals surface area contributed by atoms with Crippen molar-refractivity contribution < 1.29 is 55.3 Å². The number of carbonyl (C=O) groups is 2. The Morgan fingerprint density at radius 1 is 1.05 bits per heavy atom. The van der Waals surface area contributed by atoms with E-state index in [1.165, 1.54) is 12.8 Å². The number of halogens is 6. The lowest BCUT2D eigenvalue weighted by Crippen LogP contribution is -2.41. The highest BCUT2D eigenvalue weighted by Crippen LogP contribution is 2.44. The second-order valence-corrected chi connectivity index (χ2v) is 9.38. The first-order valence-corrected chi connectivity index (χ1v) is 12.0. The molecule has 2 aliphatic heterocycles. The van der Waals surface area contributed by atoms with E-state index in [0.29, 0.717) is 11.5 Å². The fourth-order valence-electron chi connectivity index (χ4n) is 4.52. The van der Waals surface area contributed by atoms with Gasteiger partial charge >= 0.3 is 24.3 Å². The van der Waals surface area contributed by atoms with Crippen molar-refractivity contribution in [1.82, 2.24) is 14.9 Å². The van der Waals surface area contributed by atoms with Gasteiger partial charge in [-0.1, -0.05) is 0 Å². The fraction of sp³-hybridized carbons (Fsp3) is 0.583. The number of piperidine rings is 1. The van der Waals surface area contributed by atoms with Crippen LogP contribution in [0.25, 0.3) is 0 Å². The number of carboxylic acids is 2. The minimum absolute atomic E-state index is 0.345. The van der Waals surface area contributed by atoms with Crippen molar-refractivity contribution in [2.24, 2.45) is 5.41 Å². The van der Waals surface area contributed by atoms with Gasteiger partial charge in [0, 0.05) is 26.0 Å². The molecule has 1 atom stereocenters. The Bertz CT molecular complexity index is 1060. The van der Waals surface area contributed by atoms with Crippen LogP contribution in [-0.2, 0) is 20.9 Å². The molecule has 4 rings (SSSR count). The van der Waals surface area contributed by atoms with Crippen LogP contribution in [0.2, 0.25) is 0 Å². The van der Waals surface area contributed by atoms with Gasteiger partial charge in [-0.15, -0.1) is 0 Å². The summed E-state index contributed by atoms with van der Waals surface area (Å²) in [5.41, 5.74) is 0.345. The molecule has 224 valence electrons. The maximum atomic E-state index is 10.6. The second-order valence-electron chi connectivity index (χ2n) is 9.38. The van der Waals surface area contributed by atoms with E-state index in [1.54, 1.807) is 7.11 Å². The number of aromatic nitrogens is 2. The van der Waals surface area contributed by atoms with Crippen LogP contribution in [0.3, 0.4) is 0 Å². The number of aryl methyl sites for hydroxylation is 1. The van der Waals surface area contributed by atoms with Crippen molar-refractivity contribution in [1.29, 1.82) is 0 Å². The third kappa shape index (κ3) is 9.97. The van der Waals surface area contributed by atoms with Crippen LogP contribution in [0.1, 0.15) is 30.8 Å². The summed E-state index contributed by atoms with van der Waals surface area (Å²) in [4.78, 5) is 31.6. The smallest absolute Gasteiger partial charge is 0.475 e. The Morgan fingerprint density at radius 3 is 2.00 bits per heavy atom. The van der Waals surface area contributed by atoms with E-state index >= 15 is 0 Å². The first-order chi connectivity index (χ1) is 18.6. The van der Waals surface area contributed by atoms with Gasteiger partial charge in [0.25, 0.3) is 0 Å². The highest BCUT2D eigenvalue weighted by Gasteiger charge is 2.46. The molecule has 1 spiro atoms. The fourth-order valence-corrected chi connectivity index (χ4v) is 4.52. The van der Waals surface area contributed by atoms with Crippen molar-refractivity contribution in [3.63, 3.8) is 0 Å². The molecule has 2 saturated heterocycles. The molecule has 2 N–H and O–H groups in total. The minimum atomic E-state index is -5.08. The third-order valence-corrected chi connectivity index (χ3v) is 6.36. The molecule has 0 aliphatic carbocycles. The topological polar surface area (TPSA) is 129 Å². The molecule has 0 aromatic carbocycles. The molecular weight excluding hydrogens is 554 g/mol. The summed E-state index contributed by atoms with van der Waals surface area (Å²) in [6.45, 7) is 6.90. The summed E-state index contributed by atoms with van der Waals surface area (Å²) in [6.07, 6.45) is -2.95. The van der Waals surface area contributed by atoms with Gasteiger partial charge in [0.05, 0.1) is 19.2 Å². The van der Waals surface area contributed by atoms with Gasteiger partial charge in [-0.2, -0.15) is 26.3 Å². The number of rotatable bonds is 5. The lowest BCUT2D eigenvalue weighted by atomic mass is 9.76.